The zero-order chi connectivity index (χ0) is 17.6. The van der Waals surface area contributed by atoms with Crippen LogP contribution in [0.25, 0.3) is 0 Å². The smallest absolute Gasteiger partial charge is 0.246 e. The molecule has 6 nitrogen and oxygen atoms in total. The van der Waals surface area contributed by atoms with Crippen molar-refractivity contribution in [1.29, 1.82) is 0 Å². The summed E-state index contributed by atoms with van der Waals surface area (Å²) in [5, 5.41) is 4.20. The van der Waals surface area contributed by atoms with Gasteiger partial charge < -0.3 is 4.74 Å². The predicted octanol–water partition coefficient (Wildman–Crippen LogP) is 2.27. The molecule has 0 unspecified atom stereocenters. The Kier molecular flexibility index (Phi) is 4.17. The van der Waals surface area contributed by atoms with E-state index in [2.05, 4.69) is 5.10 Å². The highest BCUT2D eigenvalue weighted by molar-refractivity contribution is 7.89. The molecule has 134 valence electrons. The molecule has 1 aromatic carbocycles. The monoisotopic (exact) mass is 361 g/mol. The van der Waals surface area contributed by atoms with Crippen LogP contribution >= 0.6 is 0 Å². The second-order valence-electron chi connectivity index (χ2n) is 6.99. The fourth-order valence-electron chi connectivity index (χ4n) is 3.50. The van der Waals surface area contributed by atoms with Crippen LogP contribution in [0.3, 0.4) is 0 Å². The molecule has 2 fully saturated rings. The molecule has 2 aromatic rings. The molecule has 0 amide bonds. The van der Waals surface area contributed by atoms with Crippen molar-refractivity contribution in [3.8, 4) is 0 Å². The van der Waals surface area contributed by atoms with Crippen molar-refractivity contribution in [3.63, 3.8) is 0 Å². The third-order valence-corrected chi connectivity index (χ3v) is 6.93. The molecule has 1 aliphatic heterocycles. The van der Waals surface area contributed by atoms with E-state index in [9.17, 15) is 8.42 Å². The summed E-state index contributed by atoms with van der Waals surface area (Å²) in [6.45, 7) is 2.49. The van der Waals surface area contributed by atoms with E-state index in [0.717, 1.165) is 18.4 Å². The van der Waals surface area contributed by atoms with E-state index in [1.807, 2.05) is 30.3 Å². The van der Waals surface area contributed by atoms with Crippen LogP contribution in [-0.4, -0.2) is 41.7 Å². The molecule has 1 saturated heterocycles. The lowest BCUT2D eigenvalue weighted by Gasteiger charge is -2.37. The number of aromatic nitrogens is 2. The van der Waals surface area contributed by atoms with Gasteiger partial charge in [-0.2, -0.15) is 9.40 Å². The fraction of sp³-hybridized carbons (Fsp3) is 0.500. The number of sulfonamides is 1. The molecule has 25 heavy (non-hydrogen) atoms. The van der Waals surface area contributed by atoms with Gasteiger partial charge in [0.05, 0.1) is 17.9 Å². The topological polar surface area (TPSA) is 64.4 Å². The second-order valence-corrected chi connectivity index (χ2v) is 8.89. The van der Waals surface area contributed by atoms with E-state index in [0.29, 0.717) is 29.6 Å². The lowest BCUT2D eigenvalue weighted by atomic mass is 10.1. The molecular formula is C18H23N3O3S. The van der Waals surface area contributed by atoms with Crippen molar-refractivity contribution in [3.05, 3.63) is 47.8 Å². The SMILES string of the molecule is Cc1nn(C)cc1S(=O)(=O)N1C[C@@H](c2ccccc2)O[C@@H](C2CC2)C1. The zero-order valence-corrected chi connectivity index (χ0v) is 15.3. The van der Waals surface area contributed by atoms with Crippen molar-refractivity contribution >= 4 is 10.0 Å². The number of hydrogen-bond acceptors (Lipinski definition) is 4. The number of ether oxygens (including phenoxy) is 1. The molecule has 0 radical (unpaired) electrons. The van der Waals surface area contributed by atoms with Gasteiger partial charge in [0.15, 0.2) is 0 Å². The van der Waals surface area contributed by atoms with Gasteiger partial charge in [0, 0.05) is 26.3 Å². The van der Waals surface area contributed by atoms with Crippen LogP contribution in [-0.2, 0) is 21.8 Å². The minimum absolute atomic E-state index is 0.0364. The summed E-state index contributed by atoms with van der Waals surface area (Å²) in [5.41, 5.74) is 1.56. The molecule has 7 heteroatoms. The lowest BCUT2D eigenvalue weighted by Crippen LogP contribution is -2.47. The number of rotatable bonds is 4. The highest BCUT2D eigenvalue weighted by Crippen LogP contribution is 2.40. The van der Waals surface area contributed by atoms with Gasteiger partial charge in [0.1, 0.15) is 4.90 Å². The Morgan fingerprint density at radius 1 is 1.16 bits per heavy atom. The Balaban J connectivity index is 1.66. The summed E-state index contributed by atoms with van der Waals surface area (Å²) in [4.78, 5) is 0.290. The van der Waals surface area contributed by atoms with Gasteiger partial charge in [0.2, 0.25) is 10.0 Å². The van der Waals surface area contributed by atoms with Gasteiger partial charge in [-0.15, -0.1) is 0 Å². The molecule has 2 atom stereocenters. The second kappa shape index (κ2) is 6.23. The van der Waals surface area contributed by atoms with Crippen molar-refractivity contribution in [2.75, 3.05) is 13.1 Å². The van der Waals surface area contributed by atoms with Gasteiger partial charge in [-0.3, -0.25) is 4.68 Å². The summed E-state index contributed by atoms with van der Waals surface area (Å²) in [5.74, 6) is 0.471. The molecule has 4 rings (SSSR count). The Labute approximate surface area is 148 Å². The van der Waals surface area contributed by atoms with Crippen molar-refractivity contribution in [2.45, 2.75) is 36.9 Å². The van der Waals surface area contributed by atoms with Crippen molar-refractivity contribution < 1.29 is 13.2 Å². The zero-order valence-electron chi connectivity index (χ0n) is 14.5. The highest BCUT2D eigenvalue weighted by Gasteiger charge is 2.43. The molecule has 0 N–H and O–H groups in total. The minimum atomic E-state index is -3.58. The van der Waals surface area contributed by atoms with Crippen LogP contribution in [0.2, 0.25) is 0 Å². The fourth-order valence-corrected chi connectivity index (χ4v) is 5.16. The first kappa shape index (κ1) is 16.8. The standard InChI is InChI=1S/C18H23N3O3S/c1-13-18(12-20(2)19-13)25(22,23)21-10-16(14-6-4-3-5-7-14)24-17(11-21)15-8-9-15/h3-7,12,15-17H,8-11H2,1-2H3/t16-,17+/m0/s1. The third kappa shape index (κ3) is 3.23. The molecular weight excluding hydrogens is 338 g/mol. The third-order valence-electron chi connectivity index (χ3n) is 5.00. The van der Waals surface area contributed by atoms with Crippen LogP contribution in [0.4, 0.5) is 0 Å². The molecule has 2 aliphatic rings. The van der Waals surface area contributed by atoms with Crippen molar-refractivity contribution in [2.24, 2.45) is 13.0 Å². The summed E-state index contributed by atoms with van der Waals surface area (Å²) in [6, 6.07) is 9.88. The first-order chi connectivity index (χ1) is 11.9. The Hall–Kier alpha value is -1.70. The number of nitrogens with zero attached hydrogens (tertiary/aromatic N) is 3. The van der Waals surface area contributed by atoms with Gasteiger partial charge in [0.25, 0.3) is 0 Å². The number of morpholine rings is 1. The minimum Gasteiger partial charge on any atom is -0.367 e. The summed E-state index contributed by atoms with van der Waals surface area (Å²) >= 11 is 0. The molecule has 2 heterocycles. The van der Waals surface area contributed by atoms with Gasteiger partial charge >= 0.3 is 0 Å². The highest BCUT2D eigenvalue weighted by atomic mass is 32.2. The molecule has 1 saturated carbocycles. The quantitative estimate of drug-likeness (QED) is 0.838. The summed E-state index contributed by atoms with van der Waals surface area (Å²) < 4.78 is 35.8. The van der Waals surface area contributed by atoms with Crippen LogP contribution in [0.5, 0.6) is 0 Å². The normalized spacial score (nSPS) is 25.2. The van der Waals surface area contributed by atoms with Crippen LogP contribution < -0.4 is 0 Å². The maximum absolute atomic E-state index is 13.2. The maximum Gasteiger partial charge on any atom is 0.246 e. The van der Waals surface area contributed by atoms with Gasteiger partial charge in [-0.25, -0.2) is 8.42 Å². The lowest BCUT2D eigenvalue weighted by molar-refractivity contribution is -0.0747. The first-order valence-corrected chi connectivity index (χ1v) is 10.1. The van der Waals surface area contributed by atoms with E-state index in [4.69, 9.17) is 4.74 Å². The van der Waals surface area contributed by atoms with Crippen LogP contribution in [0, 0.1) is 12.8 Å². The molecule has 0 bridgehead atoms. The van der Waals surface area contributed by atoms with Crippen molar-refractivity contribution in [1.82, 2.24) is 14.1 Å². The average molecular weight is 361 g/mol. The average Bonchev–Trinajstić information content (AvgIpc) is 3.39. The maximum atomic E-state index is 13.2. The number of aryl methyl sites for hydroxylation is 2. The van der Waals surface area contributed by atoms with E-state index in [-0.39, 0.29) is 12.2 Å². The van der Waals surface area contributed by atoms with E-state index >= 15 is 0 Å². The van der Waals surface area contributed by atoms with E-state index < -0.39 is 10.0 Å². The number of benzene rings is 1. The van der Waals surface area contributed by atoms with Gasteiger partial charge in [-0.05, 0) is 31.2 Å². The number of hydrogen-bond donors (Lipinski definition) is 0. The molecule has 1 aromatic heterocycles. The van der Waals surface area contributed by atoms with Crippen LogP contribution in [0.15, 0.2) is 41.4 Å². The molecule has 0 spiro atoms. The van der Waals surface area contributed by atoms with E-state index in [1.54, 1.807) is 29.2 Å². The van der Waals surface area contributed by atoms with Gasteiger partial charge in [-0.1, -0.05) is 30.3 Å². The first-order valence-electron chi connectivity index (χ1n) is 8.66. The largest absolute Gasteiger partial charge is 0.367 e. The molecule has 1 aliphatic carbocycles. The Morgan fingerprint density at radius 3 is 2.48 bits per heavy atom. The summed E-state index contributed by atoms with van der Waals surface area (Å²) in [6.07, 6.45) is 3.56. The Bertz CT molecular complexity index is 859. The Morgan fingerprint density at radius 2 is 1.88 bits per heavy atom. The van der Waals surface area contributed by atoms with Crippen LogP contribution in [0.1, 0.15) is 30.2 Å². The van der Waals surface area contributed by atoms with E-state index in [1.165, 1.54) is 0 Å². The summed E-state index contributed by atoms with van der Waals surface area (Å²) in [7, 11) is -1.84. The predicted molar refractivity (Wildman–Crippen MR) is 93.5 cm³/mol.